The molecule has 0 spiro atoms. The molecule has 1 aromatic carbocycles. The first-order valence-corrected chi connectivity index (χ1v) is 9.03. The van der Waals surface area contributed by atoms with Crippen LogP contribution in [0.4, 0.5) is 0 Å². The Balaban J connectivity index is 1.65. The van der Waals surface area contributed by atoms with Crippen molar-refractivity contribution in [3.05, 3.63) is 50.9 Å². The summed E-state index contributed by atoms with van der Waals surface area (Å²) in [4.78, 5) is 15.9. The molecule has 130 valence electrons. The summed E-state index contributed by atoms with van der Waals surface area (Å²) in [5.41, 5.74) is 2.68. The summed E-state index contributed by atoms with van der Waals surface area (Å²) >= 11 is 1.60. The van der Waals surface area contributed by atoms with Crippen LogP contribution in [0.15, 0.2) is 29.3 Å². The minimum Gasteiger partial charge on any atom is -0.478 e. The van der Waals surface area contributed by atoms with Gasteiger partial charge >= 0.3 is 0 Å². The second kappa shape index (κ2) is 6.63. The number of aryl methyl sites for hydroxylation is 1. The Labute approximate surface area is 150 Å². The maximum absolute atomic E-state index is 12.7. The van der Waals surface area contributed by atoms with Crippen LogP contribution < -0.4 is 9.47 Å². The quantitative estimate of drug-likeness (QED) is 0.784. The Bertz CT molecular complexity index is 855. The molecule has 0 atom stereocenters. The van der Waals surface area contributed by atoms with Crippen molar-refractivity contribution >= 4 is 23.2 Å². The molecule has 2 aliphatic heterocycles. The largest absolute Gasteiger partial charge is 0.478 e. The first-order chi connectivity index (χ1) is 12.2. The SMILES string of the molecule is COCCN1COc2ccc3c(c2C1)O/C(=C\c1sccc1C)C3=O. The molecule has 0 saturated heterocycles. The van der Waals surface area contributed by atoms with E-state index in [-0.39, 0.29) is 5.78 Å². The average molecular weight is 357 g/mol. The molecule has 0 amide bonds. The van der Waals surface area contributed by atoms with Crippen molar-refractivity contribution in [3.8, 4) is 11.5 Å². The van der Waals surface area contributed by atoms with Gasteiger partial charge < -0.3 is 14.2 Å². The highest BCUT2D eigenvalue weighted by molar-refractivity contribution is 7.11. The third kappa shape index (κ3) is 2.97. The van der Waals surface area contributed by atoms with Crippen LogP contribution in [0.2, 0.25) is 0 Å². The average Bonchev–Trinajstić information content (AvgIpc) is 3.17. The fourth-order valence-corrected chi connectivity index (χ4v) is 3.87. The van der Waals surface area contributed by atoms with Gasteiger partial charge in [-0.05, 0) is 36.1 Å². The topological polar surface area (TPSA) is 48.0 Å². The summed E-state index contributed by atoms with van der Waals surface area (Å²) < 4.78 is 16.9. The van der Waals surface area contributed by atoms with Crippen molar-refractivity contribution in [1.29, 1.82) is 0 Å². The molecule has 4 rings (SSSR count). The second-order valence-electron chi connectivity index (χ2n) is 6.15. The van der Waals surface area contributed by atoms with Crippen LogP contribution in [-0.2, 0) is 11.3 Å². The van der Waals surface area contributed by atoms with Crippen molar-refractivity contribution in [1.82, 2.24) is 4.90 Å². The number of methoxy groups -OCH3 is 1. The van der Waals surface area contributed by atoms with Crippen LogP contribution in [0.1, 0.15) is 26.4 Å². The molecule has 0 saturated carbocycles. The Kier molecular flexibility index (Phi) is 4.33. The molecule has 25 heavy (non-hydrogen) atoms. The monoisotopic (exact) mass is 357 g/mol. The Morgan fingerprint density at radius 2 is 2.24 bits per heavy atom. The molecule has 0 aliphatic carbocycles. The number of benzene rings is 1. The van der Waals surface area contributed by atoms with Crippen molar-refractivity contribution in [2.45, 2.75) is 13.5 Å². The highest BCUT2D eigenvalue weighted by Gasteiger charge is 2.33. The molecule has 0 radical (unpaired) electrons. The summed E-state index contributed by atoms with van der Waals surface area (Å²) in [7, 11) is 1.68. The van der Waals surface area contributed by atoms with E-state index in [4.69, 9.17) is 14.2 Å². The summed E-state index contributed by atoms with van der Waals surface area (Å²) in [6.07, 6.45) is 1.83. The molecule has 2 aliphatic rings. The molecule has 3 heterocycles. The number of carbonyl (C=O) groups excluding carboxylic acids is 1. The lowest BCUT2D eigenvalue weighted by Gasteiger charge is -2.29. The van der Waals surface area contributed by atoms with E-state index in [1.807, 2.05) is 30.5 Å². The maximum Gasteiger partial charge on any atom is 0.232 e. The van der Waals surface area contributed by atoms with Crippen LogP contribution in [0.5, 0.6) is 11.5 Å². The van der Waals surface area contributed by atoms with E-state index in [9.17, 15) is 4.79 Å². The molecule has 0 fully saturated rings. The van der Waals surface area contributed by atoms with E-state index >= 15 is 0 Å². The van der Waals surface area contributed by atoms with Crippen molar-refractivity contribution in [2.24, 2.45) is 0 Å². The number of nitrogens with zero attached hydrogens (tertiary/aromatic N) is 1. The lowest BCUT2D eigenvalue weighted by atomic mass is 10.0. The van der Waals surface area contributed by atoms with Crippen molar-refractivity contribution < 1.29 is 19.0 Å². The van der Waals surface area contributed by atoms with E-state index in [0.717, 1.165) is 28.3 Å². The van der Waals surface area contributed by atoms with Crippen LogP contribution in [0.3, 0.4) is 0 Å². The van der Waals surface area contributed by atoms with Crippen LogP contribution >= 0.6 is 11.3 Å². The maximum atomic E-state index is 12.7. The number of rotatable bonds is 4. The van der Waals surface area contributed by atoms with E-state index in [0.29, 0.717) is 37.0 Å². The van der Waals surface area contributed by atoms with Gasteiger partial charge in [-0.15, -0.1) is 11.3 Å². The molecule has 0 unspecified atom stereocenters. The fraction of sp³-hybridized carbons (Fsp3) is 0.316. The molecular formula is C19H19NO4S. The van der Waals surface area contributed by atoms with E-state index in [1.165, 1.54) is 0 Å². The smallest absolute Gasteiger partial charge is 0.232 e. The van der Waals surface area contributed by atoms with E-state index in [2.05, 4.69) is 4.90 Å². The normalized spacial score (nSPS) is 18.0. The third-order valence-electron chi connectivity index (χ3n) is 4.46. The van der Waals surface area contributed by atoms with Gasteiger partial charge in [0.15, 0.2) is 5.76 Å². The number of Topliss-reactive ketones (excluding diaryl/α,β-unsaturated/α-hetero) is 1. The number of hydrogen-bond donors (Lipinski definition) is 0. The number of hydrogen-bond acceptors (Lipinski definition) is 6. The van der Waals surface area contributed by atoms with Gasteiger partial charge in [0.05, 0.1) is 17.7 Å². The molecule has 1 aromatic heterocycles. The number of carbonyl (C=O) groups is 1. The second-order valence-corrected chi connectivity index (χ2v) is 7.09. The van der Waals surface area contributed by atoms with E-state index in [1.54, 1.807) is 24.5 Å². The number of allylic oxidation sites excluding steroid dienone is 1. The number of thiophene rings is 1. The van der Waals surface area contributed by atoms with Gasteiger partial charge in [0, 0.05) is 31.2 Å². The number of ether oxygens (including phenoxy) is 3. The van der Waals surface area contributed by atoms with Crippen LogP contribution in [0, 0.1) is 6.92 Å². The van der Waals surface area contributed by atoms with Gasteiger partial charge in [-0.2, -0.15) is 0 Å². The summed E-state index contributed by atoms with van der Waals surface area (Å²) in [5, 5.41) is 2.01. The Hall–Kier alpha value is -2.15. The minimum absolute atomic E-state index is 0.0698. The van der Waals surface area contributed by atoms with Gasteiger partial charge in [0.2, 0.25) is 5.78 Å². The lowest BCUT2D eigenvalue weighted by molar-refractivity contribution is 0.0646. The number of ketones is 1. The van der Waals surface area contributed by atoms with Gasteiger partial charge in [-0.3, -0.25) is 9.69 Å². The molecule has 5 nitrogen and oxygen atoms in total. The number of fused-ring (bicyclic) bond motifs is 3. The molecule has 6 heteroatoms. The van der Waals surface area contributed by atoms with Gasteiger partial charge in [-0.25, -0.2) is 0 Å². The molecule has 2 aromatic rings. The van der Waals surface area contributed by atoms with Gasteiger partial charge in [-0.1, -0.05) is 0 Å². The van der Waals surface area contributed by atoms with E-state index < -0.39 is 0 Å². The van der Waals surface area contributed by atoms with Crippen LogP contribution in [-0.4, -0.2) is 37.7 Å². The summed E-state index contributed by atoms with van der Waals surface area (Å²) in [6, 6.07) is 5.69. The van der Waals surface area contributed by atoms with Crippen molar-refractivity contribution in [2.75, 3.05) is 27.0 Å². The zero-order chi connectivity index (χ0) is 17.4. The molecular weight excluding hydrogens is 338 g/mol. The predicted molar refractivity (Wildman–Crippen MR) is 96.2 cm³/mol. The highest BCUT2D eigenvalue weighted by Crippen LogP contribution is 2.42. The minimum atomic E-state index is -0.0698. The zero-order valence-corrected chi connectivity index (χ0v) is 15.0. The summed E-state index contributed by atoms with van der Waals surface area (Å²) in [6.45, 7) is 4.63. The summed E-state index contributed by atoms with van der Waals surface area (Å²) in [5.74, 6) is 1.72. The molecule has 0 N–H and O–H groups in total. The fourth-order valence-electron chi connectivity index (χ4n) is 3.02. The van der Waals surface area contributed by atoms with Gasteiger partial charge in [0.25, 0.3) is 0 Å². The predicted octanol–water partition coefficient (Wildman–Crippen LogP) is 3.47. The van der Waals surface area contributed by atoms with Crippen molar-refractivity contribution in [3.63, 3.8) is 0 Å². The zero-order valence-electron chi connectivity index (χ0n) is 14.2. The molecule has 0 bridgehead atoms. The standard InChI is InChI=1S/C19H19NO4S/c1-12-5-8-25-17(12)9-16-18(21)13-3-4-15-14(19(13)24-16)10-20(11-23-15)6-7-22-2/h3-5,8-9H,6-7,10-11H2,1-2H3/b16-9-. The Morgan fingerprint density at radius 3 is 3.00 bits per heavy atom. The lowest BCUT2D eigenvalue weighted by Crippen LogP contribution is -2.34. The van der Waals surface area contributed by atoms with Crippen LogP contribution in [0.25, 0.3) is 6.08 Å². The third-order valence-corrected chi connectivity index (χ3v) is 5.42. The van der Waals surface area contributed by atoms with Gasteiger partial charge in [0.1, 0.15) is 18.2 Å². The first-order valence-electron chi connectivity index (χ1n) is 8.15. The first kappa shape index (κ1) is 16.3. The highest BCUT2D eigenvalue weighted by atomic mass is 32.1. The Morgan fingerprint density at radius 1 is 1.36 bits per heavy atom.